The second-order valence-electron chi connectivity index (χ2n) is 12.9. The lowest BCUT2D eigenvalue weighted by Crippen LogP contribution is -2.35. The second-order valence-corrected chi connectivity index (χ2v) is 13.9. The third-order valence-corrected chi connectivity index (χ3v) is 11.3. The number of anilines is 1. The molecular weight excluding hydrogens is 555 g/mol. The van der Waals surface area contributed by atoms with Crippen molar-refractivity contribution in [2.75, 3.05) is 19.0 Å². The van der Waals surface area contributed by atoms with Crippen molar-refractivity contribution >= 4 is 44.0 Å². The molecule has 2 nitrogen and oxygen atoms in total. The van der Waals surface area contributed by atoms with E-state index in [1.165, 1.54) is 74.5 Å². The summed E-state index contributed by atoms with van der Waals surface area (Å²) >= 11 is 1.83. The summed E-state index contributed by atoms with van der Waals surface area (Å²) in [6.07, 6.45) is 9.83. The van der Waals surface area contributed by atoms with Crippen molar-refractivity contribution in [2.45, 2.75) is 43.1 Å². The SMILES string of the molecule is CN(C)c1ccc(C2(c3ccccc3)C=Cc3c4c(c5c(ccc6sccc65)c3O2)-c2ccccc2C2CCCCC42)cc1. The van der Waals surface area contributed by atoms with Crippen molar-refractivity contribution in [3.8, 4) is 16.9 Å². The van der Waals surface area contributed by atoms with Crippen molar-refractivity contribution in [1.29, 1.82) is 0 Å². The maximum Gasteiger partial charge on any atom is 0.178 e. The number of fused-ring (bicyclic) bond motifs is 13. The quantitative estimate of drug-likeness (QED) is 0.204. The molecule has 1 fully saturated rings. The predicted octanol–water partition coefficient (Wildman–Crippen LogP) is 10.9. The molecule has 5 aromatic carbocycles. The zero-order valence-electron chi connectivity index (χ0n) is 25.2. The summed E-state index contributed by atoms with van der Waals surface area (Å²) < 4.78 is 8.90. The van der Waals surface area contributed by atoms with Gasteiger partial charge in [0, 0.05) is 57.3 Å². The third-order valence-electron chi connectivity index (χ3n) is 10.5. The van der Waals surface area contributed by atoms with E-state index in [1.807, 2.05) is 11.3 Å². The lowest BCUT2D eigenvalue weighted by Gasteiger charge is -2.43. The first-order chi connectivity index (χ1) is 21.6. The minimum absolute atomic E-state index is 0.498. The predicted molar refractivity (Wildman–Crippen MR) is 186 cm³/mol. The van der Waals surface area contributed by atoms with Crippen LogP contribution < -0.4 is 9.64 Å². The van der Waals surface area contributed by atoms with Crippen LogP contribution in [0.15, 0.2) is 109 Å². The van der Waals surface area contributed by atoms with Crippen LogP contribution in [0, 0.1) is 0 Å². The zero-order chi connectivity index (χ0) is 29.4. The van der Waals surface area contributed by atoms with Gasteiger partial charge in [0.05, 0.1) is 0 Å². The molecule has 0 radical (unpaired) electrons. The van der Waals surface area contributed by atoms with Gasteiger partial charge in [0.2, 0.25) is 0 Å². The molecule has 1 aliphatic heterocycles. The molecule has 1 saturated carbocycles. The van der Waals surface area contributed by atoms with Gasteiger partial charge in [-0.05, 0) is 88.7 Å². The summed E-state index contributed by atoms with van der Waals surface area (Å²) in [4.78, 5) is 2.15. The van der Waals surface area contributed by atoms with Gasteiger partial charge in [-0.15, -0.1) is 11.3 Å². The smallest absolute Gasteiger partial charge is 0.178 e. The Bertz CT molecular complexity index is 2090. The molecule has 216 valence electrons. The molecular formula is C41H35NOS. The normalized spacial score (nSPS) is 21.7. The second kappa shape index (κ2) is 9.84. The van der Waals surface area contributed by atoms with Crippen molar-refractivity contribution in [1.82, 2.24) is 0 Å². The Hall–Kier alpha value is -4.34. The Kier molecular flexibility index (Phi) is 5.83. The van der Waals surface area contributed by atoms with Crippen LogP contribution in [0.3, 0.4) is 0 Å². The molecule has 0 bridgehead atoms. The molecule has 0 saturated heterocycles. The minimum Gasteiger partial charge on any atom is -0.472 e. The third kappa shape index (κ3) is 3.66. The van der Waals surface area contributed by atoms with E-state index in [0.29, 0.717) is 11.8 Å². The topological polar surface area (TPSA) is 12.5 Å². The lowest BCUT2D eigenvalue weighted by atomic mass is 9.63. The number of benzene rings is 5. The molecule has 3 unspecified atom stereocenters. The number of thiophene rings is 1. The maximum absolute atomic E-state index is 7.57. The fourth-order valence-electron chi connectivity index (χ4n) is 8.44. The minimum atomic E-state index is -0.734. The van der Waals surface area contributed by atoms with Gasteiger partial charge in [0.25, 0.3) is 0 Å². The number of hydrogen-bond acceptors (Lipinski definition) is 3. The van der Waals surface area contributed by atoms with Gasteiger partial charge >= 0.3 is 0 Å². The first kappa shape index (κ1) is 26.1. The van der Waals surface area contributed by atoms with E-state index in [0.717, 1.165) is 16.9 Å². The van der Waals surface area contributed by atoms with Crippen LogP contribution in [0.5, 0.6) is 5.75 Å². The van der Waals surface area contributed by atoms with Crippen LogP contribution in [-0.4, -0.2) is 14.1 Å². The Morgan fingerprint density at radius 1 is 0.750 bits per heavy atom. The van der Waals surface area contributed by atoms with Crippen molar-refractivity contribution in [3.05, 3.63) is 136 Å². The molecule has 2 aliphatic carbocycles. The number of hydrogen-bond donors (Lipinski definition) is 0. The molecule has 3 aliphatic rings. The summed E-state index contributed by atoms with van der Waals surface area (Å²) in [6, 6.07) is 35.9. The summed E-state index contributed by atoms with van der Waals surface area (Å²) in [5.74, 6) is 2.08. The van der Waals surface area contributed by atoms with Crippen LogP contribution in [-0.2, 0) is 5.60 Å². The van der Waals surface area contributed by atoms with Gasteiger partial charge in [-0.3, -0.25) is 0 Å². The van der Waals surface area contributed by atoms with Crippen molar-refractivity contribution in [2.24, 2.45) is 0 Å². The van der Waals surface area contributed by atoms with Crippen LogP contribution >= 0.6 is 11.3 Å². The zero-order valence-corrected chi connectivity index (χ0v) is 26.0. The van der Waals surface area contributed by atoms with E-state index >= 15 is 0 Å². The molecule has 6 aromatic rings. The highest BCUT2D eigenvalue weighted by molar-refractivity contribution is 7.17. The maximum atomic E-state index is 7.57. The van der Waals surface area contributed by atoms with Crippen molar-refractivity contribution < 1.29 is 4.74 Å². The van der Waals surface area contributed by atoms with E-state index in [2.05, 4.69) is 134 Å². The average Bonchev–Trinajstić information content (AvgIpc) is 3.57. The van der Waals surface area contributed by atoms with E-state index < -0.39 is 5.60 Å². The van der Waals surface area contributed by atoms with E-state index in [1.54, 1.807) is 5.56 Å². The standard InChI is InChI=1S/C41H35NOS/c1-42(2)28-18-16-27(17-19-28)41(26-10-4-3-5-11-26)24-22-35-37-31-14-8-6-12-29(31)30-13-7-9-15-32(30)39(37)38-33-23-25-44-36(33)21-20-34(38)40(35)43-41/h3-5,7,9-11,13,15-25,29,31H,6,8,12,14H2,1-2H3. The van der Waals surface area contributed by atoms with E-state index in [-0.39, 0.29) is 0 Å². The van der Waals surface area contributed by atoms with Crippen molar-refractivity contribution in [3.63, 3.8) is 0 Å². The molecule has 0 spiro atoms. The van der Waals surface area contributed by atoms with Gasteiger partial charge < -0.3 is 9.64 Å². The monoisotopic (exact) mass is 589 g/mol. The van der Waals surface area contributed by atoms with E-state index in [9.17, 15) is 0 Å². The van der Waals surface area contributed by atoms with Crippen LogP contribution in [0.1, 0.15) is 65.3 Å². The summed E-state index contributed by atoms with van der Waals surface area (Å²) in [6.45, 7) is 0. The van der Waals surface area contributed by atoms with Gasteiger partial charge in [-0.25, -0.2) is 0 Å². The number of ether oxygens (including phenoxy) is 1. The van der Waals surface area contributed by atoms with E-state index in [4.69, 9.17) is 4.74 Å². The molecule has 9 rings (SSSR count). The lowest BCUT2D eigenvalue weighted by molar-refractivity contribution is 0.163. The average molecular weight is 590 g/mol. The fraction of sp³-hybridized carbons (Fsp3) is 0.220. The Balaban J connectivity index is 1.38. The van der Waals surface area contributed by atoms with Gasteiger partial charge in [0.1, 0.15) is 5.75 Å². The number of nitrogens with zero attached hydrogens (tertiary/aromatic N) is 1. The molecule has 3 atom stereocenters. The molecule has 1 aromatic heterocycles. The van der Waals surface area contributed by atoms with Gasteiger partial charge in [-0.1, -0.05) is 85.6 Å². The van der Waals surface area contributed by atoms with Gasteiger partial charge in [0.15, 0.2) is 5.60 Å². The molecule has 3 heteroatoms. The Morgan fingerprint density at radius 3 is 2.32 bits per heavy atom. The first-order valence-electron chi connectivity index (χ1n) is 15.9. The Labute approximate surface area is 263 Å². The molecule has 0 amide bonds. The largest absolute Gasteiger partial charge is 0.472 e. The van der Waals surface area contributed by atoms with Crippen LogP contribution in [0.4, 0.5) is 5.69 Å². The summed E-state index contributed by atoms with van der Waals surface area (Å²) in [7, 11) is 4.18. The first-order valence-corrected chi connectivity index (χ1v) is 16.8. The van der Waals surface area contributed by atoms with Crippen LogP contribution in [0.2, 0.25) is 0 Å². The number of rotatable bonds is 3. The highest BCUT2D eigenvalue weighted by atomic mass is 32.1. The highest BCUT2D eigenvalue weighted by Crippen LogP contribution is 2.60. The van der Waals surface area contributed by atoms with Crippen LogP contribution in [0.25, 0.3) is 38.1 Å². The molecule has 44 heavy (non-hydrogen) atoms. The fourth-order valence-corrected chi connectivity index (χ4v) is 9.24. The summed E-state index contributed by atoms with van der Waals surface area (Å²) in [5, 5.41) is 6.15. The molecule has 0 N–H and O–H groups in total. The Morgan fingerprint density at radius 2 is 1.50 bits per heavy atom. The van der Waals surface area contributed by atoms with Gasteiger partial charge in [-0.2, -0.15) is 0 Å². The molecule has 2 heterocycles. The highest BCUT2D eigenvalue weighted by Gasteiger charge is 2.43. The summed E-state index contributed by atoms with van der Waals surface area (Å²) in [5.41, 5.74) is 9.92.